The third-order valence-corrected chi connectivity index (χ3v) is 3.92. The molecule has 0 bridgehead atoms. The average molecular weight is 259 g/mol. The number of halogens is 1. The topological polar surface area (TPSA) is 43.8 Å². The molecule has 3 rings (SSSR count). The van der Waals surface area contributed by atoms with Crippen LogP contribution in [0.4, 0.5) is 10.1 Å². The molecule has 0 unspecified atom stereocenters. The highest BCUT2D eigenvalue weighted by atomic mass is 19.1. The third-order valence-electron chi connectivity index (χ3n) is 3.92. The maximum absolute atomic E-state index is 13.1. The summed E-state index contributed by atoms with van der Waals surface area (Å²) < 4.78 is 14.9. The Bertz CT molecular complexity index is 597. The largest absolute Gasteiger partial charge is 0.396 e. The van der Waals surface area contributed by atoms with E-state index >= 15 is 0 Å². The van der Waals surface area contributed by atoms with Gasteiger partial charge in [0.05, 0.1) is 23.3 Å². The Labute approximate surface area is 112 Å². The van der Waals surface area contributed by atoms with Crippen LogP contribution in [0.3, 0.4) is 0 Å². The number of nitrogen functional groups attached to an aromatic ring is 1. The van der Waals surface area contributed by atoms with Gasteiger partial charge in [-0.1, -0.05) is 12.8 Å². The average Bonchev–Trinajstić information content (AvgIpc) is 2.98. The summed E-state index contributed by atoms with van der Waals surface area (Å²) in [5.74, 6) is 0.263. The summed E-state index contributed by atoms with van der Waals surface area (Å²) in [5.41, 5.74) is 9.58. The predicted molar refractivity (Wildman–Crippen MR) is 73.9 cm³/mol. The van der Waals surface area contributed by atoms with Gasteiger partial charge in [0, 0.05) is 5.92 Å². The van der Waals surface area contributed by atoms with Gasteiger partial charge in [-0.3, -0.25) is 0 Å². The monoisotopic (exact) mass is 259 g/mol. The van der Waals surface area contributed by atoms with E-state index in [1.54, 1.807) is 10.7 Å². The summed E-state index contributed by atoms with van der Waals surface area (Å²) in [6.07, 6.45) is 6.69. The molecule has 0 atom stereocenters. The summed E-state index contributed by atoms with van der Waals surface area (Å²) in [7, 11) is 0. The molecule has 3 nitrogen and oxygen atoms in total. The van der Waals surface area contributed by atoms with Crippen molar-refractivity contribution in [3.05, 3.63) is 41.5 Å². The van der Waals surface area contributed by atoms with Gasteiger partial charge in [0.25, 0.3) is 0 Å². The second kappa shape index (κ2) is 4.68. The fourth-order valence-corrected chi connectivity index (χ4v) is 2.92. The molecule has 0 aliphatic heterocycles. The van der Waals surface area contributed by atoms with Crippen molar-refractivity contribution < 1.29 is 4.39 Å². The van der Waals surface area contributed by atoms with E-state index < -0.39 is 0 Å². The zero-order valence-electron chi connectivity index (χ0n) is 11.1. The van der Waals surface area contributed by atoms with Crippen molar-refractivity contribution >= 4 is 5.69 Å². The Kier molecular flexibility index (Phi) is 3.01. The van der Waals surface area contributed by atoms with Crippen LogP contribution in [0.1, 0.15) is 42.9 Å². The lowest BCUT2D eigenvalue weighted by molar-refractivity contribution is 0.625. The molecule has 2 aromatic rings. The van der Waals surface area contributed by atoms with Crippen molar-refractivity contribution in [1.29, 1.82) is 0 Å². The molecule has 1 aromatic carbocycles. The van der Waals surface area contributed by atoms with Crippen molar-refractivity contribution in [3.8, 4) is 5.69 Å². The summed E-state index contributed by atoms with van der Waals surface area (Å²) >= 11 is 0. The van der Waals surface area contributed by atoms with E-state index in [9.17, 15) is 4.39 Å². The molecule has 0 spiro atoms. The van der Waals surface area contributed by atoms with E-state index in [2.05, 4.69) is 5.10 Å². The third kappa shape index (κ3) is 2.23. The Morgan fingerprint density at radius 2 is 2.05 bits per heavy atom. The van der Waals surface area contributed by atoms with Gasteiger partial charge >= 0.3 is 0 Å². The van der Waals surface area contributed by atoms with Crippen LogP contribution < -0.4 is 5.73 Å². The Hall–Kier alpha value is -1.84. The van der Waals surface area contributed by atoms with E-state index in [1.165, 1.54) is 37.8 Å². The maximum atomic E-state index is 13.1. The first-order valence-corrected chi connectivity index (χ1v) is 6.76. The summed E-state index contributed by atoms with van der Waals surface area (Å²) in [6, 6.07) is 4.72. The lowest BCUT2D eigenvalue weighted by Crippen LogP contribution is -2.01. The molecule has 19 heavy (non-hydrogen) atoms. The fourth-order valence-electron chi connectivity index (χ4n) is 2.92. The van der Waals surface area contributed by atoms with Crippen LogP contribution in [0.15, 0.2) is 24.4 Å². The van der Waals surface area contributed by atoms with Crippen LogP contribution in [0.5, 0.6) is 0 Å². The van der Waals surface area contributed by atoms with Gasteiger partial charge in [0.15, 0.2) is 0 Å². The Balaban J connectivity index is 1.99. The molecule has 2 N–H and O–H groups in total. The van der Waals surface area contributed by atoms with E-state index in [0.717, 1.165) is 22.6 Å². The molecular formula is C15H18FN3. The molecule has 1 aliphatic carbocycles. The Morgan fingerprint density at radius 3 is 2.74 bits per heavy atom. The number of aryl methyl sites for hydroxylation is 1. The first kappa shape index (κ1) is 12.2. The number of aromatic nitrogens is 2. The minimum atomic E-state index is -0.225. The highest BCUT2D eigenvalue weighted by molar-refractivity contribution is 5.48. The highest BCUT2D eigenvalue weighted by Gasteiger charge is 2.22. The number of hydrogen-bond acceptors (Lipinski definition) is 2. The van der Waals surface area contributed by atoms with E-state index in [0.29, 0.717) is 5.92 Å². The SMILES string of the molecule is Cc1cc(F)ccc1-n1cc(N)c(C2CCCC2)n1. The van der Waals surface area contributed by atoms with E-state index in [-0.39, 0.29) is 5.82 Å². The molecule has 1 aliphatic rings. The Morgan fingerprint density at radius 1 is 1.32 bits per heavy atom. The zero-order valence-corrected chi connectivity index (χ0v) is 11.1. The van der Waals surface area contributed by atoms with Crippen LogP contribution in [-0.2, 0) is 0 Å². The summed E-state index contributed by atoms with van der Waals surface area (Å²) in [5, 5.41) is 4.62. The summed E-state index contributed by atoms with van der Waals surface area (Å²) in [4.78, 5) is 0. The standard InChI is InChI=1S/C15H18FN3/c1-10-8-12(16)6-7-14(10)19-9-13(17)15(18-19)11-4-2-3-5-11/h6-9,11H,2-5,17H2,1H3. The molecule has 1 saturated carbocycles. The van der Waals surface area contributed by atoms with Gasteiger partial charge in [-0.2, -0.15) is 5.10 Å². The smallest absolute Gasteiger partial charge is 0.123 e. The van der Waals surface area contributed by atoms with Crippen LogP contribution in [0.25, 0.3) is 5.69 Å². The molecule has 1 aromatic heterocycles. The zero-order chi connectivity index (χ0) is 13.4. The van der Waals surface area contributed by atoms with Crippen molar-refractivity contribution in [2.45, 2.75) is 38.5 Å². The van der Waals surface area contributed by atoms with Crippen molar-refractivity contribution in [2.24, 2.45) is 0 Å². The molecule has 4 heteroatoms. The van der Waals surface area contributed by atoms with Crippen molar-refractivity contribution in [3.63, 3.8) is 0 Å². The first-order valence-electron chi connectivity index (χ1n) is 6.76. The van der Waals surface area contributed by atoms with Crippen molar-refractivity contribution in [2.75, 3.05) is 5.73 Å². The van der Waals surface area contributed by atoms with Gasteiger partial charge in [-0.15, -0.1) is 0 Å². The number of benzene rings is 1. The fraction of sp³-hybridized carbons (Fsp3) is 0.400. The van der Waals surface area contributed by atoms with Gasteiger partial charge in [-0.25, -0.2) is 9.07 Å². The number of nitrogens with two attached hydrogens (primary N) is 1. The first-order chi connectivity index (χ1) is 9.15. The van der Waals surface area contributed by atoms with Crippen LogP contribution in [0, 0.1) is 12.7 Å². The molecule has 1 heterocycles. The minimum Gasteiger partial charge on any atom is -0.396 e. The lowest BCUT2D eigenvalue weighted by Gasteiger charge is -2.07. The number of nitrogens with zero attached hydrogens (tertiary/aromatic N) is 2. The van der Waals surface area contributed by atoms with Gasteiger partial charge in [0.1, 0.15) is 5.82 Å². The van der Waals surface area contributed by atoms with Crippen LogP contribution in [-0.4, -0.2) is 9.78 Å². The second-order valence-corrected chi connectivity index (χ2v) is 5.33. The van der Waals surface area contributed by atoms with Gasteiger partial charge in [0.2, 0.25) is 0 Å². The quantitative estimate of drug-likeness (QED) is 0.896. The molecule has 0 saturated heterocycles. The maximum Gasteiger partial charge on any atom is 0.123 e. The molecule has 1 fully saturated rings. The summed E-state index contributed by atoms with van der Waals surface area (Å²) in [6.45, 7) is 1.88. The van der Waals surface area contributed by atoms with Crippen molar-refractivity contribution in [1.82, 2.24) is 9.78 Å². The van der Waals surface area contributed by atoms with Crippen LogP contribution >= 0.6 is 0 Å². The predicted octanol–water partition coefficient (Wildman–Crippen LogP) is 3.56. The number of rotatable bonds is 2. The molecule has 0 radical (unpaired) electrons. The lowest BCUT2D eigenvalue weighted by atomic mass is 10.0. The second-order valence-electron chi connectivity index (χ2n) is 5.33. The van der Waals surface area contributed by atoms with Crippen LogP contribution in [0.2, 0.25) is 0 Å². The normalized spacial score (nSPS) is 16.1. The molecule has 100 valence electrons. The molecular weight excluding hydrogens is 241 g/mol. The van der Waals surface area contributed by atoms with Gasteiger partial charge in [-0.05, 0) is 43.5 Å². The molecule has 0 amide bonds. The van der Waals surface area contributed by atoms with E-state index in [4.69, 9.17) is 5.73 Å². The minimum absolute atomic E-state index is 0.225. The number of hydrogen-bond donors (Lipinski definition) is 1. The number of anilines is 1. The van der Waals surface area contributed by atoms with E-state index in [1.807, 2.05) is 13.1 Å². The highest BCUT2D eigenvalue weighted by Crippen LogP contribution is 2.36. The van der Waals surface area contributed by atoms with Gasteiger partial charge < -0.3 is 5.73 Å².